The lowest BCUT2D eigenvalue weighted by molar-refractivity contribution is 1.17. The Balaban J connectivity index is 0.000000104. The van der Waals surface area contributed by atoms with Crippen molar-refractivity contribution in [1.82, 2.24) is 27.4 Å². The van der Waals surface area contributed by atoms with Crippen LogP contribution in [0.15, 0.2) is 497 Å². The van der Waals surface area contributed by atoms with Crippen molar-refractivity contribution < 1.29 is 0 Å². The van der Waals surface area contributed by atoms with E-state index in [1.54, 1.807) is 0 Å². The van der Waals surface area contributed by atoms with Gasteiger partial charge in [-0.25, -0.2) is 0 Å². The van der Waals surface area contributed by atoms with Crippen LogP contribution in [0.25, 0.3) is 242 Å². The Bertz CT molecular complexity index is 9360. The van der Waals surface area contributed by atoms with Gasteiger partial charge in [0, 0.05) is 98.2 Å². The van der Waals surface area contributed by atoms with Gasteiger partial charge in [0.05, 0.1) is 77.6 Å². The maximum atomic E-state index is 2.47. The molecule has 0 spiro atoms. The number of para-hydroxylation sites is 6. The minimum Gasteiger partial charge on any atom is -0.309 e. The Morgan fingerprint density at radius 2 is 0.341 bits per heavy atom. The quantitative estimate of drug-likeness (QED) is 0.131. The molecule has 0 fully saturated rings. The highest BCUT2D eigenvalue weighted by molar-refractivity contribution is 6.32. The van der Waals surface area contributed by atoms with Crippen LogP contribution >= 0.6 is 0 Å². The molecule has 0 amide bonds. The maximum absolute atomic E-state index is 2.47. The van der Waals surface area contributed by atoms with E-state index < -0.39 is 0 Å². The minimum absolute atomic E-state index is 1.15. The first-order chi connectivity index (χ1) is 65.5. The van der Waals surface area contributed by atoms with E-state index in [2.05, 4.69) is 525 Å². The van der Waals surface area contributed by atoms with Crippen molar-refractivity contribution in [3.8, 4) is 78.6 Å². The highest BCUT2D eigenvalue weighted by atomic mass is 15.0. The summed E-state index contributed by atoms with van der Waals surface area (Å²) in [6.07, 6.45) is 0. The fourth-order valence-corrected chi connectivity index (χ4v) is 21.5. The van der Waals surface area contributed by atoms with Crippen molar-refractivity contribution in [3.63, 3.8) is 0 Å². The third-order valence-corrected chi connectivity index (χ3v) is 27.3. The van der Waals surface area contributed by atoms with Gasteiger partial charge in [0.2, 0.25) is 0 Å². The predicted octanol–water partition coefficient (Wildman–Crippen LogP) is 33.8. The molecule has 0 N–H and O–H groups in total. The van der Waals surface area contributed by atoms with E-state index in [1.165, 1.54) is 230 Å². The number of benzene rings is 22. The first kappa shape index (κ1) is 75.7. The molecule has 0 unspecified atom stereocenters. The molecule has 0 saturated carbocycles. The molecule has 0 bridgehead atoms. The Morgan fingerprint density at radius 3 is 0.682 bits per heavy atom. The molecule has 22 aromatic carbocycles. The average molecular weight is 1680 g/mol. The van der Waals surface area contributed by atoms with Crippen LogP contribution in [0, 0.1) is 0 Å². The fourth-order valence-electron chi connectivity index (χ4n) is 21.5. The zero-order chi connectivity index (χ0) is 86.9. The van der Waals surface area contributed by atoms with Gasteiger partial charge in [0.15, 0.2) is 0 Å². The second-order valence-electron chi connectivity index (χ2n) is 34.5. The highest BCUT2D eigenvalue weighted by Crippen LogP contribution is 2.49. The summed E-state index contributed by atoms with van der Waals surface area (Å²) in [5, 5.41) is 22.8. The molecule has 616 valence electrons. The molecular formula is C126H82N6. The molecule has 28 rings (SSSR count). The number of hydrogen-bond acceptors (Lipinski definition) is 0. The third-order valence-electron chi connectivity index (χ3n) is 27.3. The van der Waals surface area contributed by atoms with E-state index in [0.717, 1.165) is 11.4 Å². The molecule has 132 heavy (non-hydrogen) atoms. The molecule has 6 nitrogen and oxygen atoms in total. The Morgan fingerprint density at radius 1 is 0.106 bits per heavy atom. The Hall–Kier alpha value is -17.6. The SMILES string of the molecule is c1ccc(-c2cc(-c3ccccc3)cc(-n3c4ccccc4c4c5c6ccccc6n(-c6cccc7ccccc67)c5ccc43)c2)cc1.c1ccc(-c2ccc(-n3c4ccccc4c4c5c6ccccc6n(-c6ccc7ccccc7c6)c5ccc43)cc2)cc1.c1ccc(-c2ccc(-n3c4ccccc4c4c5c6ccccc6n(-c6cccc7ccccc67)c5ccc43)cc2)cc1. The van der Waals surface area contributed by atoms with Crippen LogP contribution in [0.2, 0.25) is 0 Å². The van der Waals surface area contributed by atoms with Crippen LogP contribution < -0.4 is 0 Å². The van der Waals surface area contributed by atoms with Crippen LogP contribution in [0.5, 0.6) is 0 Å². The number of rotatable bonds is 10. The Kier molecular flexibility index (Phi) is 17.9. The summed E-state index contributed by atoms with van der Waals surface area (Å²) >= 11 is 0. The molecule has 28 aromatic rings. The molecule has 6 aromatic heterocycles. The number of nitrogens with zero attached hydrogens (tertiary/aromatic N) is 6. The standard InChI is InChI=1S/C46H30N2.2C40H26N2/c1-3-14-31(15-4-1)34-28-35(32-16-5-2-6-17-32)30-36(29-34)47-41-23-11-9-21-38(41)45-43(47)26-27-44-46(45)39-22-10-12-24-42(39)48(44)40-25-13-19-33-18-7-8-20-37(33)40;1-2-11-27(12-3-1)28-21-23-30(24-22-28)41-35-18-8-6-16-32(35)39-37(41)25-26-38-40(39)33-17-7-9-19-36(33)42(38)34-20-10-14-29-13-4-5-15-31(29)34;1-2-10-27(11-3-1)29-18-21-31(22-19-29)41-35-16-8-6-14-33(35)39-37(41)24-25-38-40(39)34-15-7-9-17-36(34)42(38)32-23-20-28-12-4-5-13-30(28)26-32/h1-30H;2*1-26H. The van der Waals surface area contributed by atoms with E-state index in [0.29, 0.717) is 0 Å². The molecule has 0 radical (unpaired) electrons. The lowest BCUT2D eigenvalue weighted by Gasteiger charge is -2.14. The van der Waals surface area contributed by atoms with Gasteiger partial charge in [-0.3, -0.25) is 0 Å². The molecule has 0 atom stereocenters. The van der Waals surface area contributed by atoms with E-state index >= 15 is 0 Å². The third kappa shape index (κ3) is 12.3. The summed E-state index contributed by atoms with van der Waals surface area (Å²) in [7, 11) is 0. The summed E-state index contributed by atoms with van der Waals surface area (Å²) in [6, 6.07) is 180. The lowest BCUT2D eigenvalue weighted by Crippen LogP contribution is -1.97. The zero-order valence-electron chi connectivity index (χ0n) is 72.0. The number of hydrogen-bond donors (Lipinski definition) is 0. The minimum atomic E-state index is 1.15. The van der Waals surface area contributed by atoms with Gasteiger partial charge in [-0.2, -0.15) is 0 Å². The van der Waals surface area contributed by atoms with E-state index in [-0.39, 0.29) is 0 Å². The van der Waals surface area contributed by atoms with Crippen molar-refractivity contribution in [2.75, 3.05) is 0 Å². The smallest absolute Gasteiger partial charge is 0.0549 e. The van der Waals surface area contributed by atoms with Gasteiger partial charge in [0.1, 0.15) is 0 Å². The van der Waals surface area contributed by atoms with Gasteiger partial charge < -0.3 is 27.4 Å². The molecule has 6 heteroatoms. The molecule has 0 aliphatic carbocycles. The molecule has 0 aliphatic rings. The van der Waals surface area contributed by atoms with Crippen molar-refractivity contribution in [2.45, 2.75) is 0 Å². The van der Waals surface area contributed by atoms with E-state index in [9.17, 15) is 0 Å². The van der Waals surface area contributed by atoms with Gasteiger partial charge in [-0.15, -0.1) is 0 Å². The second-order valence-corrected chi connectivity index (χ2v) is 34.5. The van der Waals surface area contributed by atoms with Crippen molar-refractivity contribution >= 4 is 163 Å². The van der Waals surface area contributed by atoms with Crippen LogP contribution in [0.1, 0.15) is 0 Å². The highest BCUT2D eigenvalue weighted by Gasteiger charge is 2.27. The van der Waals surface area contributed by atoms with Crippen LogP contribution in [-0.4, -0.2) is 27.4 Å². The van der Waals surface area contributed by atoms with Crippen LogP contribution in [-0.2, 0) is 0 Å². The molecule has 0 saturated heterocycles. The summed E-state index contributed by atoms with van der Waals surface area (Å²) in [5.74, 6) is 0. The average Bonchev–Trinajstić information content (AvgIpc) is 1.59. The monoisotopic (exact) mass is 1680 g/mol. The molecule has 0 aliphatic heterocycles. The lowest BCUT2D eigenvalue weighted by atomic mass is 9.98. The van der Waals surface area contributed by atoms with Gasteiger partial charge in [0.25, 0.3) is 0 Å². The van der Waals surface area contributed by atoms with Crippen LogP contribution in [0.3, 0.4) is 0 Å². The topological polar surface area (TPSA) is 29.6 Å². The van der Waals surface area contributed by atoms with E-state index in [1.807, 2.05) is 0 Å². The normalized spacial score (nSPS) is 11.8. The molecule has 6 heterocycles. The maximum Gasteiger partial charge on any atom is 0.0549 e. The molecular weight excluding hydrogens is 1600 g/mol. The first-order valence-corrected chi connectivity index (χ1v) is 45.4. The van der Waals surface area contributed by atoms with Crippen LogP contribution in [0.4, 0.5) is 0 Å². The second kappa shape index (κ2) is 31.2. The summed E-state index contributed by atoms with van der Waals surface area (Å²) in [6.45, 7) is 0. The van der Waals surface area contributed by atoms with Gasteiger partial charge in [-0.1, -0.05) is 358 Å². The number of aromatic nitrogens is 6. The zero-order valence-corrected chi connectivity index (χ0v) is 72.0. The fraction of sp³-hybridized carbons (Fsp3) is 0. The van der Waals surface area contributed by atoms with Gasteiger partial charge >= 0.3 is 0 Å². The van der Waals surface area contributed by atoms with E-state index in [4.69, 9.17) is 0 Å². The summed E-state index contributed by atoms with van der Waals surface area (Å²) in [4.78, 5) is 0. The van der Waals surface area contributed by atoms with Crippen molar-refractivity contribution in [3.05, 3.63) is 497 Å². The Labute approximate surface area is 761 Å². The van der Waals surface area contributed by atoms with Crippen molar-refractivity contribution in [1.29, 1.82) is 0 Å². The number of fused-ring (bicyclic) bond motifs is 24. The summed E-state index contributed by atoms with van der Waals surface area (Å²) < 4.78 is 14.6. The van der Waals surface area contributed by atoms with Crippen molar-refractivity contribution in [2.24, 2.45) is 0 Å². The summed E-state index contributed by atoms with van der Waals surface area (Å²) in [5.41, 5.74) is 31.4. The predicted molar refractivity (Wildman–Crippen MR) is 560 cm³/mol. The van der Waals surface area contributed by atoms with Gasteiger partial charge in [-0.05, 0) is 206 Å². The largest absolute Gasteiger partial charge is 0.309 e. The first-order valence-electron chi connectivity index (χ1n) is 45.4.